The Hall–Kier alpha value is -1.31. The highest BCUT2D eigenvalue weighted by molar-refractivity contribution is 7.90. The molecule has 21 heavy (non-hydrogen) atoms. The van der Waals surface area contributed by atoms with Crippen LogP contribution in [0.15, 0.2) is 0 Å². The second-order valence-corrected chi connectivity index (χ2v) is 8.09. The van der Waals surface area contributed by atoms with Gasteiger partial charge in [-0.15, -0.1) is 0 Å². The molecule has 0 saturated heterocycles. The quantitative estimate of drug-likeness (QED) is 0.654. The Balaban J connectivity index is 4.30. The van der Waals surface area contributed by atoms with E-state index in [4.69, 9.17) is 5.11 Å². The summed E-state index contributed by atoms with van der Waals surface area (Å²) in [6.45, 7) is 4.37. The molecule has 0 saturated carbocycles. The molecule has 0 unspecified atom stereocenters. The van der Waals surface area contributed by atoms with E-state index in [1.807, 2.05) is 13.8 Å². The Morgan fingerprint density at radius 3 is 2.29 bits per heavy atom. The van der Waals surface area contributed by atoms with Gasteiger partial charge in [-0.25, -0.2) is 13.2 Å². The molecule has 0 aliphatic heterocycles. The van der Waals surface area contributed by atoms with Crippen LogP contribution in [0.1, 0.15) is 26.7 Å². The van der Waals surface area contributed by atoms with E-state index in [2.05, 4.69) is 5.32 Å². The molecule has 0 aliphatic rings. The van der Waals surface area contributed by atoms with Gasteiger partial charge in [0.2, 0.25) is 0 Å². The largest absolute Gasteiger partial charge is 0.481 e. The van der Waals surface area contributed by atoms with Gasteiger partial charge >= 0.3 is 12.0 Å². The van der Waals surface area contributed by atoms with Crippen molar-refractivity contribution in [2.24, 2.45) is 11.8 Å². The van der Waals surface area contributed by atoms with Crippen molar-refractivity contribution in [2.45, 2.75) is 26.7 Å². The van der Waals surface area contributed by atoms with Gasteiger partial charge in [0, 0.05) is 32.8 Å². The zero-order chi connectivity index (χ0) is 16.6. The summed E-state index contributed by atoms with van der Waals surface area (Å²) >= 11 is 0. The third-order valence-corrected chi connectivity index (χ3v) is 3.88. The topological polar surface area (TPSA) is 104 Å². The average molecular weight is 322 g/mol. The predicted molar refractivity (Wildman–Crippen MR) is 80.9 cm³/mol. The highest BCUT2D eigenvalue weighted by Crippen LogP contribution is 2.14. The average Bonchev–Trinajstić information content (AvgIpc) is 2.30. The van der Waals surface area contributed by atoms with Gasteiger partial charge in [0.25, 0.3) is 0 Å². The zero-order valence-corrected chi connectivity index (χ0v) is 13.9. The Morgan fingerprint density at radius 2 is 1.86 bits per heavy atom. The Morgan fingerprint density at radius 1 is 1.29 bits per heavy atom. The van der Waals surface area contributed by atoms with Crippen molar-refractivity contribution in [1.29, 1.82) is 0 Å². The number of urea groups is 1. The smallest absolute Gasteiger partial charge is 0.317 e. The minimum absolute atomic E-state index is 0.00547. The van der Waals surface area contributed by atoms with Gasteiger partial charge in [-0.1, -0.05) is 13.8 Å². The summed E-state index contributed by atoms with van der Waals surface area (Å²) in [4.78, 5) is 23.9. The number of hydrogen-bond donors (Lipinski definition) is 2. The van der Waals surface area contributed by atoms with Crippen LogP contribution in [0.2, 0.25) is 0 Å². The van der Waals surface area contributed by atoms with E-state index in [0.29, 0.717) is 12.3 Å². The first-order valence-corrected chi connectivity index (χ1v) is 8.95. The van der Waals surface area contributed by atoms with E-state index >= 15 is 0 Å². The number of sulfone groups is 1. The molecule has 0 aromatic rings. The number of hydrogen-bond acceptors (Lipinski definition) is 4. The number of carbonyl (C=O) groups is 2. The maximum Gasteiger partial charge on any atom is 0.317 e. The molecule has 8 heteroatoms. The number of amides is 2. The van der Waals surface area contributed by atoms with Crippen molar-refractivity contribution >= 4 is 21.8 Å². The number of aliphatic carboxylic acids is 1. The van der Waals surface area contributed by atoms with E-state index in [1.165, 1.54) is 11.9 Å². The molecule has 0 heterocycles. The molecule has 0 aromatic heterocycles. The summed E-state index contributed by atoms with van der Waals surface area (Å²) in [6.07, 6.45) is 1.83. The maximum atomic E-state index is 11.8. The van der Waals surface area contributed by atoms with Crippen molar-refractivity contribution < 1.29 is 23.1 Å². The van der Waals surface area contributed by atoms with Gasteiger partial charge in [0.05, 0.1) is 5.75 Å². The SMILES string of the molecule is CC(C)C[C@H](CNC(=O)N(C)CCS(C)(=O)=O)CC(=O)O. The highest BCUT2D eigenvalue weighted by Gasteiger charge is 2.17. The molecule has 124 valence electrons. The van der Waals surface area contributed by atoms with Crippen LogP contribution in [0, 0.1) is 11.8 Å². The van der Waals surface area contributed by atoms with Crippen molar-refractivity contribution in [2.75, 3.05) is 32.1 Å². The van der Waals surface area contributed by atoms with Crippen molar-refractivity contribution in [3.63, 3.8) is 0 Å². The number of nitrogens with zero attached hydrogens (tertiary/aromatic N) is 1. The first-order chi connectivity index (χ1) is 9.51. The lowest BCUT2D eigenvalue weighted by molar-refractivity contribution is -0.138. The van der Waals surface area contributed by atoms with Gasteiger partial charge in [-0.05, 0) is 18.3 Å². The second-order valence-electron chi connectivity index (χ2n) is 5.83. The number of carboxylic acids is 1. The Labute approximate surface area is 126 Å². The van der Waals surface area contributed by atoms with Crippen LogP contribution in [-0.2, 0) is 14.6 Å². The molecule has 0 aliphatic carbocycles. The molecule has 0 spiro atoms. The maximum absolute atomic E-state index is 11.8. The van der Waals surface area contributed by atoms with E-state index in [9.17, 15) is 18.0 Å². The summed E-state index contributed by atoms with van der Waals surface area (Å²) in [5, 5.41) is 11.5. The molecule has 0 aromatic carbocycles. The molecule has 1 atom stereocenters. The van der Waals surface area contributed by atoms with Gasteiger partial charge in [0.1, 0.15) is 9.84 Å². The molecule has 0 rings (SSSR count). The van der Waals surface area contributed by atoms with Crippen molar-refractivity contribution in [1.82, 2.24) is 10.2 Å². The minimum Gasteiger partial charge on any atom is -0.481 e. The van der Waals surface area contributed by atoms with Crippen LogP contribution in [-0.4, -0.2) is 62.6 Å². The summed E-state index contributed by atoms with van der Waals surface area (Å²) in [7, 11) is -1.61. The summed E-state index contributed by atoms with van der Waals surface area (Å²) in [6, 6.07) is -0.391. The fourth-order valence-corrected chi connectivity index (χ4v) is 2.53. The number of nitrogens with one attached hydrogen (secondary N) is 1. The lowest BCUT2D eigenvalue weighted by Crippen LogP contribution is -2.41. The third-order valence-electron chi connectivity index (χ3n) is 2.95. The first-order valence-electron chi connectivity index (χ1n) is 6.89. The van der Waals surface area contributed by atoms with Gasteiger partial charge in [-0.2, -0.15) is 0 Å². The van der Waals surface area contributed by atoms with E-state index in [0.717, 1.165) is 6.26 Å². The van der Waals surface area contributed by atoms with Crippen LogP contribution in [0.5, 0.6) is 0 Å². The number of rotatable bonds is 9. The van der Waals surface area contributed by atoms with Crippen LogP contribution >= 0.6 is 0 Å². The lowest BCUT2D eigenvalue weighted by atomic mass is 9.94. The van der Waals surface area contributed by atoms with E-state index in [-0.39, 0.29) is 31.2 Å². The minimum atomic E-state index is -3.12. The van der Waals surface area contributed by atoms with Crippen molar-refractivity contribution in [3.05, 3.63) is 0 Å². The Kier molecular flexibility index (Phi) is 8.31. The molecular weight excluding hydrogens is 296 g/mol. The van der Waals surface area contributed by atoms with Crippen LogP contribution < -0.4 is 5.32 Å². The lowest BCUT2D eigenvalue weighted by Gasteiger charge is -2.21. The van der Waals surface area contributed by atoms with Crippen LogP contribution in [0.25, 0.3) is 0 Å². The molecule has 0 fully saturated rings. The zero-order valence-electron chi connectivity index (χ0n) is 13.1. The number of carboxylic acid groups (broad SMARTS) is 1. The highest BCUT2D eigenvalue weighted by atomic mass is 32.2. The molecule has 7 nitrogen and oxygen atoms in total. The normalized spacial score (nSPS) is 13.0. The molecule has 2 N–H and O–H groups in total. The van der Waals surface area contributed by atoms with E-state index in [1.54, 1.807) is 0 Å². The fourth-order valence-electron chi connectivity index (χ4n) is 1.92. The fraction of sp³-hybridized carbons (Fsp3) is 0.846. The second kappa shape index (κ2) is 8.86. The molecule has 0 bridgehead atoms. The molecular formula is C13H26N2O5S. The molecule has 2 amide bonds. The first kappa shape index (κ1) is 19.7. The predicted octanol–water partition coefficient (Wildman–Crippen LogP) is 0.809. The Bertz CT molecular complexity index is 447. The molecule has 0 radical (unpaired) electrons. The number of carbonyl (C=O) groups excluding carboxylic acids is 1. The third kappa shape index (κ3) is 11.1. The van der Waals surface area contributed by atoms with Crippen molar-refractivity contribution in [3.8, 4) is 0 Å². The van der Waals surface area contributed by atoms with E-state index < -0.39 is 21.8 Å². The summed E-state index contributed by atoms with van der Waals surface area (Å²) < 4.78 is 22.1. The van der Waals surface area contributed by atoms with Gasteiger partial charge in [0.15, 0.2) is 0 Å². The summed E-state index contributed by atoms with van der Waals surface area (Å²) in [5.74, 6) is -0.772. The standard InChI is InChI=1S/C13H26N2O5S/c1-10(2)7-11(8-12(16)17)9-14-13(18)15(3)5-6-21(4,19)20/h10-11H,5-9H2,1-4H3,(H,14,18)(H,16,17)/t11-/m0/s1. The van der Waals surface area contributed by atoms with Gasteiger partial charge < -0.3 is 15.3 Å². The monoisotopic (exact) mass is 322 g/mol. The van der Waals surface area contributed by atoms with Crippen LogP contribution in [0.4, 0.5) is 4.79 Å². The van der Waals surface area contributed by atoms with Gasteiger partial charge in [-0.3, -0.25) is 4.79 Å². The summed E-state index contributed by atoms with van der Waals surface area (Å²) in [5.41, 5.74) is 0. The van der Waals surface area contributed by atoms with Crippen LogP contribution in [0.3, 0.4) is 0 Å².